The Labute approximate surface area is 216 Å². The third-order valence-electron chi connectivity index (χ3n) is 5.99. The van der Waals surface area contributed by atoms with Gasteiger partial charge >= 0.3 is 12.1 Å². The number of amides is 1. The number of hydrogen-bond donors (Lipinski definition) is 0. The number of hydrogen-bond acceptors (Lipinski definition) is 6. The zero-order chi connectivity index (χ0) is 26.2. The highest BCUT2D eigenvalue weighted by atomic mass is 16.6. The standard InChI is InChI=1S/C30H30N2O5/c1-4-35-27(33)20-23-10-12-24(13-11-23)25-14-16-26(17-15-25)29-28(21(2)31-37-29)32(3)30(34)36-19-18-22-8-6-5-7-9-22/h5-17H,4,18-20H2,1-3H3. The van der Waals surface area contributed by atoms with Gasteiger partial charge in [0.1, 0.15) is 11.4 Å². The van der Waals surface area contributed by atoms with E-state index in [0.29, 0.717) is 30.2 Å². The molecule has 1 aromatic heterocycles. The van der Waals surface area contributed by atoms with E-state index >= 15 is 0 Å². The number of carbonyl (C=O) groups excluding carboxylic acids is 2. The summed E-state index contributed by atoms with van der Waals surface area (Å²) in [6.45, 7) is 4.24. The molecule has 0 spiro atoms. The summed E-state index contributed by atoms with van der Waals surface area (Å²) in [6.07, 6.45) is 0.423. The molecule has 0 bridgehead atoms. The van der Waals surface area contributed by atoms with Crippen LogP contribution in [0.5, 0.6) is 0 Å². The summed E-state index contributed by atoms with van der Waals surface area (Å²) in [6, 6.07) is 25.5. The van der Waals surface area contributed by atoms with Gasteiger partial charge in [0.15, 0.2) is 5.76 Å². The monoisotopic (exact) mass is 498 g/mol. The summed E-state index contributed by atoms with van der Waals surface area (Å²) in [5, 5.41) is 4.09. The van der Waals surface area contributed by atoms with Crippen LogP contribution in [0.15, 0.2) is 83.4 Å². The molecule has 0 saturated heterocycles. The minimum atomic E-state index is -0.469. The average Bonchev–Trinajstić information content (AvgIpc) is 3.30. The number of benzene rings is 3. The molecule has 0 aliphatic rings. The molecule has 37 heavy (non-hydrogen) atoms. The number of ether oxygens (including phenoxy) is 2. The lowest BCUT2D eigenvalue weighted by molar-refractivity contribution is -0.142. The van der Waals surface area contributed by atoms with Crippen molar-refractivity contribution >= 4 is 17.7 Å². The van der Waals surface area contributed by atoms with Crippen LogP contribution in [0.2, 0.25) is 0 Å². The van der Waals surface area contributed by atoms with Crippen molar-refractivity contribution in [2.75, 3.05) is 25.2 Å². The van der Waals surface area contributed by atoms with E-state index in [1.54, 1.807) is 20.9 Å². The lowest BCUT2D eigenvalue weighted by Crippen LogP contribution is -2.28. The molecule has 0 fully saturated rings. The highest BCUT2D eigenvalue weighted by Crippen LogP contribution is 2.35. The van der Waals surface area contributed by atoms with Gasteiger partial charge in [0.05, 0.1) is 19.6 Å². The molecule has 0 unspecified atom stereocenters. The van der Waals surface area contributed by atoms with Gasteiger partial charge in [-0.05, 0) is 36.1 Å². The molecule has 7 nitrogen and oxygen atoms in total. The van der Waals surface area contributed by atoms with Crippen molar-refractivity contribution in [3.8, 4) is 22.5 Å². The fourth-order valence-corrected chi connectivity index (χ4v) is 4.05. The second-order valence-electron chi connectivity index (χ2n) is 8.61. The van der Waals surface area contributed by atoms with E-state index in [-0.39, 0.29) is 19.0 Å². The molecule has 1 heterocycles. The molecular formula is C30H30N2O5. The normalized spacial score (nSPS) is 10.7. The van der Waals surface area contributed by atoms with E-state index in [2.05, 4.69) is 5.16 Å². The van der Waals surface area contributed by atoms with Crippen LogP contribution in [0.25, 0.3) is 22.5 Å². The summed E-state index contributed by atoms with van der Waals surface area (Å²) in [7, 11) is 1.65. The highest BCUT2D eigenvalue weighted by Gasteiger charge is 2.24. The number of anilines is 1. The van der Waals surface area contributed by atoms with Crippen molar-refractivity contribution in [3.05, 3.63) is 95.7 Å². The molecule has 7 heteroatoms. The number of nitrogens with zero attached hydrogens (tertiary/aromatic N) is 2. The van der Waals surface area contributed by atoms with Crippen LogP contribution in [0.3, 0.4) is 0 Å². The number of aryl methyl sites for hydroxylation is 1. The smallest absolute Gasteiger partial charge is 0.414 e. The fourth-order valence-electron chi connectivity index (χ4n) is 4.05. The Bertz CT molecular complexity index is 1330. The van der Waals surface area contributed by atoms with Crippen molar-refractivity contribution in [2.45, 2.75) is 26.7 Å². The molecule has 3 aromatic carbocycles. The first-order valence-corrected chi connectivity index (χ1v) is 12.2. The lowest BCUT2D eigenvalue weighted by atomic mass is 10.0. The maximum absolute atomic E-state index is 12.7. The van der Waals surface area contributed by atoms with Crippen LogP contribution >= 0.6 is 0 Å². The van der Waals surface area contributed by atoms with Crippen molar-refractivity contribution in [1.29, 1.82) is 0 Å². The van der Waals surface area contributed by atoms with E-state index in [0.717, 1.165) is 27.8 Å². The lowest BCUT2D eigenvalue weighted by Gasteiger charge is -2.17. The van der Waals surface area contributed by atoms with Crippen LogP contribution in [-0.4, -0.2) is 37.5 Å². The second kappa shape index (κ2) is 12.0. The molecule has 0 atom stereocenters. The Morgan fingerprint density at radius 1 is 0.838 bits per heavy atom. The minimum absolute atomic E-state index is 0.234. The van der Waals surface area contributed by atoms with Gasteiger partial charge in [0.2, 0.25) is 0 Å². The maximum Gasteiger partial charge on any atom is 0.414 e. The predicted octanol–water partition coefficient (Wildman–Crippen LogP) is 6.24. The summed E-state index contributed by atoms with van der Waals surface area (Å²) >= 11 is 0. The fraction of sp³-hybridized carbons (Fsp3) is 0.233. The Morgan fingerprint density at radius 2 is 1.46 bits per heavy atom. The topological polar surface area (TPSA) is 81.9 Å². The van der Waals surface area contributed by atoms with Crippen molar-refractivity contribution in [2.24, 2.45) is 0 Å². The molecule has 1 amide bonds. The van der Waals surface area contributed by atoms with Gasteiger partial charge in [-0.1, -0.05) is 84.0 Å². The summed E-state index contributed by atoms with van der Waals surface area (Å²) < 4.78 is 16.1. The first-order chi connectivity index (χ1) is 18.0. The first-order valence-electron chi connectivity index (χ1n) is 12.2. The minimum Gasteiger partial charge on any atom is -0.466 e. The van der Waals surface area contributed by atoms with Crippen molar-refractivity contribution in [1.82, 2.24) is 5.16 Å². The molecule has 0 aliphatic heterocycles. The van der Waals surface area contributed by atoms with Gasteiger partial charge < -0.3 is 14.0 Å². The third-order valence-corrected chi connectivity index (χ3v) is 5.99. The summed E-state index contributed by atoms with van der Waals surface area (Å²) in [4.78, 5) is 25.9. The SMILES string of the molecule is CCOC(=O)Cc1ccc(-c2ccc(-c3onc(C)c3N(C)C(=O)OCCc3ccccc3)cc2)cc1. The van der Waals surface area contributed by atoms with E-state index in [1.165, 1.54) is 4.90 Å². The summed E-state index contributed by atoms with van der Waals surface area (Å²) in [5.74, 6) is 0.263. The van der Waals surface area contributed by atoms with Gasteiger partial charge in [0, 0.05) is 19.0 Å². The Balaban J connectivity index is 1.43. The number of esters is 1. The van der Waals surface area contributed by atoms with Crippen LogP contribution < -0.4 is 4.90 Å². The third kappa shape index (κ3) is 6.44. The van der Waals surface area contributed by atoms with E-state index in [4.69, 9.17) is 14.0 Å². The first kappa shape index (κ1) is 25.7. The van der Waals surface area contributed by atoms with Crippen LogP contribution in [0, 0.1) is 6.92 Å². The average molecular weight is 499 g/mol. The molecular weight excluding hydrogens is 468 g/mol. The quantitative estimate of drug-likeness (QED) is 0.254. The zero-order valence-electron chi connectivity index (χ0n) is 21.3. The number of aromatic nitrogens is 1. The Morgan fingerprint density at radius 3 is 2.11 bits per heavy atom. The predicted molar refractivity (Wildman–Crippen MR) is 142 cm³/mol. The molecule has 0 saturated carbocycles. The number of rotatable bonds is 9. The number of carbonyl (C=O) groups is 2. The zero-order valence-corrected chi connectivity index (χ0v) is 21.3. The van der Waals surface area contributed by atoms with E-state index < -0.39 is 6.09 Å². The van der Waals surface area contributed by atoms with Crippen LogP contribution in [0.4, 0.5) is 10.5 Å². The molecule has 4 rings (SSSR count). The Kier molecular flexibility index (Phi) is 8.36. The highest BCUT2D eigenvalue weighted by molar-refractivity contribution is 5.92. The van der Waals surface area contributed by atoms with Gasteiger partial charge in [-0.15, -0.1) is 0 Å². The molecule has 190 valence electrons. The molecule has 4 aromatic rings. The van der Waals surface area contributed by atoms with E-state index in [1.807, 2.05) is 78.9 Å². The van der Waals surface area contributed by atoms with Crippen molar-refractivity contribution in [3.63, 3.8) is 0 Å². The largest absolute Gasteiger partial charge is 0.466 e. The van der Waals surface area contributed by atoms with E-state index in [9.17, 15) is 9.59 Å². The summed E-state index contributed by atoms with van der Waals surface area (Å²) in [5.41, 5.74) is 6.00. The molecule has 0 N–H and O–H groups in total. The van der Waals surface area contributed by atoms with Gasteiger partial charge in [0.25, 0.3) is 0 Å². The van der Waals surface area contributed by atoms with Crippen LogP contribution in [0.1, 0.15) is 23.7 Å². The maximum atomic E-state index is 12.7. The van der Waals surface area contributed by atoms with Gasteiger partial charge in [-0.3, -0.25) is 9.69 Å². The Hall–Kier alpha value is -4.39. The van der Waals surface area contributed by atoms with Crippen LogP contribution in [-0.2, 0) is 27.1 Å². The van der Waals surface area contributed by atoms with Gasteiger partial charge in [-0.2, -0.15) is 0 Å². The molecule has 0 aliphatic carbocycles. The second-order valence-corrected chi connectivity index (χ2v) is 8.61. The molecule has 0 radical (unpaired) electrons. The van der Waals surface area contributed by atoms with Gasteiger partial charge in [-0.25, -0.2) is 4.79 Å². The van der Waals surface area contributed by atoms with Crippen molar-refractivity contribution < 1.29 is 23.6 Å².